The standard InChI is InChI=1S/C15H13F3N4O2/c1-21-8-10(7-19-21)9-22-12(23)14(15(16,17)18,20-13(22)24)11-5-3-2-4-6-11/h2-8H,9H2,1H3,(H,20,24)/t14-/m1/s1. The van der Waals surface area contributed by atoms with Gasteiger partial charge in [-0.1, -0.05) is 30.3 Å². The van der Waals surface area contributed by atoms with Crippen molar-refractivity contribution in [3.8, 4) is 0 Å². The van der Waals surface area contributed by atoms with Gasteiger partial charge in [0.25, 0.3) is 5.91 Å². The molecule has 2 aromatic rings. The number of imide groups is 1. The fraction of sp³-hybridized carbons (Fsp3) is 0.267. The van der Waals surface area contributed by atoms with Gasteiger partial charge in [-0.25, -0.2) is 4.79 Å². The highest BCUT2D eigenvalue weighted by molar-refractivity contribution is 6.08. The molecule has 1 saturated heterocycles. The van der Waals surface area contributed by atoms with E-state index in [1.54, 1.807) is 7.05 Å². The lowest BCUT2D eigenvalue weighted by Crippen LogP contribution is -2.55. The zero-order chi connectivity index (χ0) is 17.5. The second-order valence-electron chi connectivity index (χ2n) is 5.46. The number of nitrogens with one attached hydrogen (secondary N) is 1. The average Bonchev–Trinajstić information content (AvgIpc) is 3.04. The number of hydrogen-bond donors (Lipinski definition) is 1. The van der Waals surface area contributed by atoms with Crippen LogP contribution in [0.2, 0.25) is 0 Å². The number of amides is 3. The lowest BCUT2D eigenvalue weighted by atomic mass is 9.89. The summed E-state index contributed by atoms with van der Waals surface area (Å²) in [4.78, 5) is 25.2. The quantitative estimate of drug-likeness (QED) is 0.870. The molecule has 0 bridgehead atoms. The van der Waals surface area contributed by atoms with Crippen LogP contribution in [0.1, 0.15) is 11.1 Å². The van der Waals surface area contributed by atoms with Crippen LogP contribution < -0.4 is 5.32 Å². The van der Waals surface area contributed by atoms with Crippen molar-refractivity contribution in [2.45, 2.75) is 18.3 Å². The molecule has 0 spiro atoms. The van der Waals surface area contributed by atoms with Crippen molar-refractivity contribution in [2.75, 3.05) is 0 Å². The largest absolute Gasteiger partial charge is 0.425 e. The molecule has 24 heavy (non-hydrogen) atoms. The molecule has 1 aliphatic heterocycles. The minimum atomic E-state index is -4.98. The van der Waals surface area contributed by atoms with E-state index >= 15 is 0 Å². The van der Waals surface area contributed by atoms with E-state index in [-0.39, 0.29) is 12.1 Å². The van der Waals surface area contributed by atoms with Crippen molar-refractivity contribution in [1.82, 2.24) is 20.0 Å². The van der Waals surface area contributed by atoms with Gasteiger partial charge >= 0.3 is 12.2 Å². The first-order valence-electron chi connectivity index (χ1n) is 6.99. The summed E-state index contributed by atoms with van der Waals surface area (Å²) in [5, 5.41) is 5.71. The Hall–Kier alpha value is -2.84. The molecule has 1 aromatic heterocycles. The molecule has 1 atom stereocenters. The lowest BCUT2D eigenvalue weighted by Gasteiger charge is -2.29. The van der Waals surface area contributed by atoms with E-state index in [2.05, 4.69) is 5.10 Å². The van der Waals surface area contributed by atoms with Gasteiger partial charge in [0.05, 0.1) is 12.7 Å². The number of carbonyl (C=O) groups is 2. The van der Waals surface area contributed by atoms with Crippen molar-refractivity contribution in [2.24, 2.45) is 7.05 Å². The zero-order valence-electron chi connectivity index (χ0n) is 12.5. The van der Waals surface area contributed by atoms with Crippen molar-refractivity contribution in [3.63, 3.8) is 0 Å². The summed E-state index contributed by atoms with van der Waals surface area (Å²) in [5.74, 6) is -1.35. The first-order chi connectivity index (χ1) is 11.3. The molecule has 1 aromatic carbocycles. The van der Waals surface area contributed by atoms with Crippen molar-refractivity contribution >= 4 is 11.9 Å². The molecule has 126 valence electrons. The van der Waals surface area contributed by atoms with Crippen LogP contribution in [0.15, 0.2) is 42.7 Å². The number of nitrogens with zero attached hydrogens (tertiary/aromatic N) is 3. The normalized spacial score (nSPS) is 21.2. The van der Waals surface area contributed by atoms with Gasteiger partial charge in [0, 0.05) is 18.8 Å². The zero-order valence-corrected chi connectivity index (χ0v) is 12.5. The number of benzene rings is 1. The smallest absolute Gasteiger partial charge is 0.312 e. The first kappa shape index (κ1) is 16.0. The number of alkyl halides is 3. The Balaban J connectivity index is 2.03. The summed E-state index contributed by atoms with van der Waals surface area (Å²) >= 11 is 0. The van der Waals surface area contributed by atoms with Crippen LogP contribution in [0.4, 0.5) is 18.0 Å². The Morgan fingerprint density at radius 1 is 1.21 bits per heavy atom. The van der Waals surface area contributed by atoms with Gasteiger partial charge < -0.3 is 5.32 Å². The van der Waals surface area contributed by atoms with Crippen LogP contribution in [-0.4, -0.2) is 32.8 Å². The third-order valence-electron chi connectivity index (χ3n) is 3.84. The van der Waals surface area contributed by atoms with Gasteiger partial charge in [0.15, 0.2) is 0 Å². The van der Waals surface area contributed by atoms with Crippen LogP contribution in [0, 0.1) is 0 Å². The summed E-state index contributed by atoms with van der Waals surface area (Å²) in [6.45, 7) is -0.289. The van der Waals surface area contributed by atoms with Gasteiger partial charge in [0.1, 0.15) is 0 Å². The molecule has 1 fully saturated rings. The van der Waals surface area contributed by atoms with E-state index < -0.39 is 23.7 Å². The van der Waals surface area contributed by atoms with E-state index in [1.165, 1.54) is 47.4 Å². The molecule has 9 heteroatoms. The number of urea groups is 1. The Morgan fingerprint density at radius 3 is 2.42 bits per heavy atom. The maximum atomic E-state index is 13.8. The predicted molar refractivity (Wildman–Crippen MR) is 76.5 cm³/mol. The molecule has 1 N–H and O–H groups in total. The van der Waals surface area contributed by atoms with E-state index in [0.717, 1.165) is 0 Å². The van der Waals surface area contributed by atoms with Crippen LogP contribution in [0.3, 0.4) is 0 Å². The minimum Gasteiger partial charge on any atom is -0.312 e. The number of hydrogen-bond acceptors (Lipinski definition) is 3. The van der Waals surface area contributed by atoms with Crippen LogP contribution in [-0.2, 0) is 23.9 Å². The predicted octanol–water partition coefficient (Wildman–Crippen LogP) is 1.93. The maximum absolute atomic E-state index is 13.8. The molecule has 1 aliphatic rings. The van der Waals surface area contributed by atoms with Gasteiger partial charge in [-0.15, -0.1) is 0 Å². The number of aromatic nitrogens is 2. The Morgan fingerprint density at radius 2 is 1.88 bits per heavy atom. The fourth-order valence-electron chi connectivity index (χ4n) is 2.70. The van der Waals surface area contributed by atoms with Crippen molar-refractivity contribution in [1.29, 1.82) is 0 Å². The second kappa shape index (κ2) is 5.36. The first-order valence-corrected chi connectivity index (χ1v) is 6.99. The van der Waals surface area contributed by atoms with Gasteiger partial charge in [-0.2, -0.15) is 18.3 Å². The topological polar surface area (TPSA) is 67.2 Å². The molecule has 0 aliphatic carbocycles. The highest BCUT2D eigenvalue weighted by Crippen LogP contribution is 2.43. The molecule has 3 rings (SSSR count). The summed E-state index contributed by atoms with van der Waals surface area (Å²) in [5.41, 5.74) is -2.95. The number of halogens is 3. The fourth-order valence-corrected chi connectivity index (χ4v) is 2.70. The minimum absolute atomic E-state index is 0.289. The Labute approximate surface area is 134 Å². The van der Waals surface area contributed by atoms with Crippen LogP contribution >= 0.6 is 0 Å². The number of carbonyl (C=O) groups excluding carboxylic acids is 2. The molecule has 2 heterocycles. The van der Waals surface area contributed by atoms with E-state index in [0.29, 0.717) is 10.5 Å². The lowest BCUT2D eigenvalue weighted by molar-refractivity contribution is -0.198. The summed E-state index contributed by atoms with van der Waals surface area (Å²) in [7, 11) is 1.62. The molecule has 0 unspecified atom stereocenters. The summed E-state index contributed by atoms with van der Waals surface area (Å²) < 4.78 is 42.7. The van der Waals surface area contributed by atoms with Gasteiger partial charge in [-0.3, -0.25) is 14.4 Å². The maximum Gasteiger partial charge on any atom is 0.425 e. The van der Waals surface area contributed by atoms with Crippen molar-refractivity contribution in [3.05, 3.63) is 53.9 Å². The van der Waals surface area contributed by atoms with Gasteiger partial charge in [-0.05, 0) is 5.56 Å². The van der Waals surface area contributed by atoms with E-state index in [1.807, 2.05) is 5.32 Å². The molecule has 6 nitrogen and oxygen atoms in total. The third kappa shape index (κ3) is 2.32. The van der Waals surface area contributed by atoms with Crippen molar-refractivity contribution < 1.29 is 22.8 Å². The van der Waals surface area contributed by atoms with E-state index in [9.17, 15) is 22.8 Å². The SMILES string of the molecule is Cn1cc(CN2C(=O)N[C@@](c3ccccc3)(C(F)(F)F)C2=O)cn1. The number of aryl methyl sites for hydroxylation is 1. The molecular weight excluding hydrogens is 325 g/mol. The van der Waals surface area contributed by atoms with Crippen LogP contribution in [0.25, 0.3) is 0 Å². The van der Waals surface area contributed by atoms with Gasteiger partial charge in [0.2, 0.25) is 5.54 Å². The second-order valence-corrected chi connectivity index (χ2v) is 5.46. The van der Waals surface area contributed by atoms with E-state index in [4.69, 9.17) is 0 Å². The highest BCUT2D eigenvalue weighted by Gasteiger charge is 2.68. The molecule has 3 amide bonds. The summed E-state index contributed by atoms with van der Waals surface area (Å²) in [6, 6.07) is 5.53. The number of rotatable bonds is 3. The molecule has 0 saturated carbocycles. The Kier molecular flexibility index (Phi) is 3.58. The molecular formula is C15H13F3N4O2. The average molecular weight is 338 g/mol. The summed E-state index contributed by atoms with van der Waals surface area (Å²) in [6.07, 6.45) is -2.07. The molecule has 0 radical (unpaired) electrons. The third-order valence-corrected chi connectivity index (χ3v) is 3.84. The monoisotopic (exact) mass is 338 g/mol. The van der Waals surface area contributed by atoms with Crippen LogP contribution in [0.5, 0.6) is 0 Å². The Bertz CT molecular complexity index is 788. The highest BCUT2D eigenvalue weighted by atomic mass is 19.4.